The average molecular weight is 559 g/mol. The van der Waals surface area contributed by atoms with Crippen LogP contribution in [0.4, 0.5) is 0 Å². The zero-order valence-electron chi connectivity index (χ0n) is 27.4. The van der Waals surface area contributed by atoms with Crippen molar-refractivity contribution in [3.63, 3.8) is 0 Å². The van der Waals surface area contributed by atoms with Crippen molar-refractivity contribution in [2.45, 2.75) is 117 Å². The molecule has 0 aromatic heterocycles. The molecule has 0 radical (unpaired) electrons. The minimum absolute atomic E-state index is 0.0740. The highest BCUT2D eigenvalue weighted by atomic mass is 16.5. The Morgan fingerprint density at radius 1 is 0.410 bits per heavy atom. The Balaban J connectivity index is 4.67. The van der Waals surface area contributed by atoms with Gasteiger partial charge < -0.3 is 28.7 Å². The molecule has 0 atom stereocenters. The van der Waals surface area contributed by atoms with Crippen LogP contribution in [0.25, 0.3) is 0 Å². The van der Waals surface area contributed by atoms with Crippen LogP contribution in [0.5, 0.6) is 0 Å². The molecule has 0 aliphatic heterocycles. The van der Waals surface area contributed by atoms with Crippen molar-refractivity contribution < 1.29 is 18.9 Å². The largest absolute Gasteiger partial charge is 0.381 e. The fraction of sp³-hybridized carbons (Fsp3) is 1.00. The first kappa shape index (κ1) is 38.8. The van der Waals surface area contributed by atoms with E-state index in [2.05, 4.69) is 51.8 Å². The molecule has 0 spiro atoms. The van der Waals surface area contributed by atoms with Crippen LogP contribution >= 0.6 is 0 Å². The zero-order valence-corrected chi connectivity index (χ0v) is 27.4. The van der Waals surface area contributed by atoms with Gasteiger partial charge in [-0.05, 0) is 53.9 Å². The monoisotopic (exact) mass is 559 g/mol. The first-order valence-electron chi connectivity index (χ1n) is 16.6. The molecule has 0 saturated carbocycles. The molecule has 0 saturated heterocycles. The summed E-state index contributed by atoms with van der Waals surface area (Å²) < 4.78 is 24.6. The van der Waals surface area contributed by atoms with Gasteiger partial charge in [-0.1, -0.05) is 90.9 Å². The fourth-order valence-electron chi connectivity index (χ4n) is 4.65. The number of nitrogens with zero attached hydrogens (tertiary/aromatic N) is 2. The highest BCUT2D eigenvalue weighted by Crippen LogP contribution is 2.28. The van der Waals surface area contributed by atoms with Gasteiger partial charge in [0.25, 0.3) is 0 Å². The van der Waals surface area contributed by atoms with Gasteiger partial charge in [0, 0.05) is 38.3 Å². The molecular weight excluding hydrogens is 488 g/mol. The molecule has 0 aromatic carbocycles. The van der Waals surface area contributed by atoms with E-state index in [1.165, 1.54) is 83.5 Å². The summed E-state index contributed by atoms with van der Waals surface area (Å²) >= 11 is 0. The normalized spacial score (nSPS) is 12.3. The second-order valence-electron chi connectivity index (χ2n) is 12.2. The van der Waals surface area contributed by atoms with Crippen LogP contribution in [0.3, 0.4) is 0 Å². The first-order valence-corrected chi connectivity index (χ1v) is 16.6. The maximum atomic E-state index is 6.34. The van der Waals surface area contributed by atoms with Crippen molar-refractivity contribution in [3.8, 4) is 0 Å². The zero-order chi connectivity index (χ0) is 28.9. The predicted molar refractivity (Wildman–Crippen MR) is 168 cm³/mol. The van der Waals surface area contributed by atoms with E-state index in [1.807, 2.05) is 0 Å². The molecule has 0 unspecified atom stereocenters. The Morgan fingerprint density at radius 3 is 1.26 bits per heavy atom. The second kappa shape index (κ2) is 29.3. The second-order valence-corrected chi connectivity index (χ2v) is 12.2. The van der Waals surface area contributed by atoms with Crippen molar-refractivity contribution in [1.82, 2.24) is 9.80 Å². The molecule has 0 heterocycles. The fourth-order valence-corrected chi connectivity index (χ4v) is 4.65. The van der Waals surface area contributed by atoms with Crippen LogP contribution in [0.15, 0.2) is 0 Å². The molecule has 6 nitrogen and oxygen atoms in total. The average Bonchev–Trinajstić information content (AvgIpc) is 2.91. The minimum Gasteiger partial charge on any atom is -0.381 e. The Bertz CT molecular complexity index is 435. The van der Waals surface area contributed by atoms with Crippen LogP contribution in [0.2, 0.25) is 0 Å². The summed E-state index contributed by atoms with van der Waals surface area (Å²) in [6.07, 6.45) is 20.2. The van der Waals surface area contributed by atoms with Crippen LogP contribution in [0.1, 0.15) is 117 Å². The number of rotatable bonds is 32. The molecule has 6 heteroatoms. The molecule has 0 aromatic rings. The molecule has 0 aliphatic carbocycles. The summed E-state index contributed by atoms with van der Waals surface area (Å²) in [5.41, 5.74) is -0.0740. The van der Waals surface area contributed by atoms with E-state index < -0.39 is 0 Å². The molecule has 0 N–H and O–H groups in total. The molecule has 0 bridgehead atoms. The molecule has 0 fully saturated rings. The lowest BCUT2D eigenvalue weighted by Crippen LogP contribution is -2.39. The van der Waals surface area contributed by atoms with Crippen molar-refractivity contribution in [3.05, 3.63) is 0 Å². The number of hydrogen-bond donors (Lipinski definition) is 0. The maximum Gasteiger partial charge on any atom is 0.0593 e. The Kier molecular flexibility index (Phi) is 29.1. The van der Waals surface area contributed by atoms with Gasteiger partial charge in [-0.25, -0.2) is 0 Å². The van der Waals surface area contributed by atoms with Gasteiger partial charge in [-0.3, -0.25) is 0 Å². The van der Waals surface area contributed by atoms with Crippen molar-refractivity contribution in [1.29, 1.82) is 0 Å². The van der Waals surface area contributed by atoms with Crippen molar-refractivity contribution in [2.24, 2.45) is 5.41 Å². The lowest BCUT2D eigenvalue weighted by atomic mass is 9.84. The van der Waals surface area contributed by atoms with Gasteiger partial charge in [0.1, 0.15) is 0 Å². The van der Waals surface area contributed by atoms with E-state index >= 15 is 0 Å². The summed E-state index contributed by atoms with van der Waals surface area (Å²) in [7, 11) is 8.39. The minimum atomic E-state index is -0.0740. The van der Waals surface area contributed by atoms with Crippen LogP contribution in [-0.2, 0) is 18.9 Å². The quantitative estimate of drug-likeness (QED) is 0.0799. The number of hydrogen-bond acceptors (Lipinski definition) is 6. The lowest BCUT2D eigenvalue weighted by Gasteiger charge is -2.34. The lowest BCUT2D eigenvalue weighted by molar-refractivity contribution is -0.0773. The molecule has 236 valence electrons. The van der Waals surface area contributed by atoms with Gasteiger partial charge in [-0.2, -0.15) is 0 Å². The number of unbranched alkanes of at least 4 members (excludes halogenated alkanes) is 12. The Morgan fingerprint density at radius 2 is 0.769 bits per heavy atom. The van der Waals surface area contributed by atoms with Gasteiger partial charge in [0.2, 0.25) is 0 Å². The topological polar surface area (TPSA) is 43.4 Å². The number of likely N-dealkylation sites (N-methyl/N-ethyl adjacent to an activating group) is 2. The Labute approximate surface area is 244 Å². The predicted octanol–water partition coefficient (Wildman–Crippen LogP) is 7.44. The van der Waals surface area contributed by atoms with Gasteiger partial charge >= 0.3 is 0 Å². The van der Waals surface area contributed by atoms with Gasteiger partial charge in [0.15, 0.2) is 0 Å². The van der Waals surface area contributed by atoms with E-state index in [9.17, 15) is 0 Å². The summed E-state index contributed by atoms with van der Waals surface area (Å²) in [6.45, 7) is 12.7. The standard InChI is InChI=1S/C33H70N2O4/c1-7-9-11-12-13-14-16-21-27-37-30-33(31-38-28-23-34(3)4,32-39-29-24-35(5)6)22-18-15-17-20-26-36-25-19-10-8-2/h7-32H2,1-6H3. The summed E-state index contributed by atoms with van der Waals surface area (Å²) in [6, 6.07) is 0. The van der Waals surface area contributed by atoms with Gasteiger partial charge in [0.05, 0.1) is 33.0 Å². The van der Waals surface area contributed by atoms with E-state index in [1.54, 1.807) is 0 Å². The number of ether oxygens (including phenoxy) is 4. The molecule has 0 aliphatic rings. The molecular formula is C33H70N2O4. The Hall–Kier alpha value is -0.240. The SMILES string of the molecule is CCCCCCCCCCOCC(CCCCCCOCCCCC)(COCCN(C)C)COCCN(C)C. The molecule has 0 rings (SSSR count). The smallest absolute Gasteiger partial charge is 0.0593 e. The van der Waals surface area contributed by atoms with Gasteiger partial charge in [-0.15, -0.1) is 0 Å². The van der Waals surface area contributed by atoms with E-state index in [-0.39, 0.29) is 5.41 Å². The molecule has 39 heavy (non-hydrogen) atoms. The van der Waals surface area contributed by atoms with E-state index in [4.69, 9.17) is 18.9 Å². The van der Waals surface area contributed by atoms with Crippen LogP contribution in [-0.4, -0.2) is 104 Å². The summed E-state index contributed by atoms with van der Waals surface area (Å²) in [5, 5.41) is 0. The summed E-state index contributed by atoms with van der Waals surface area (Å²) in [5.74, 6) is 0. The van der Waals surface area contributed by atoms with E-state index in [0.717, 1.165) is 72.0 Å². The van der Waals surface area contributed by atoms with E-state index in [0.29, 0.717) is 13.2 Å². The van der Waals surface area contributed by atoms with Crippen molar-refractivity contribution >= 4 is 0 Å². The van der Waals surface area contributed by atoms with Crippen molar-refractivity contribution in [2.75, 3.05) is 94.1 Å². The molecule has 0 amide bonds. The third kappa shape index (κ3) is 27.7. The highest BCUT2D eigenvalue weighted by molar-refractivity contribution is 4.80. The van der Waals surface area contributed by atoms with Crippen LogP contribution in [0, 0.1) is 5.41 Å². The maximum absolute atomic E-state index is 6.34. The first-order chi connectivity index (χ1) is 19.0. The van der Waals surface area contributed by atoms with Crippen LogP contribution < -0.4 is 0 Å². The summed E-state index contributed by atoms with van der Waals surface area (Å²) in [4.78, 5) is 4.36. The highest BCUT2D eigenvalue weighted by Gasteiger charge is 2.31. The third-order valence-electron chi connectivity index (χ3n) is 7.37. The third-order valence-corrected chi connectivity index (χ3v) is 7.37.